The summed E-state index contributed by atoms with van der Waals surface area (Å²) in [6.07, 6.45) is 10.0. The van der Waals surface area contributed by atoms with Crippen molar-refractivity contribution >= 4 is 11.9 Å². The summed E-state index contributed by atoms with van der Waals surface area (Å²) in [6, 6.07) is 17.0. The molecule has 0 atom stereocenters. The molecule has 0 heterocycles. The van der Waals surface area contributed by atoms with Crippen LogP contribution in [0.1, 0.15) is 54.7 Å². The summed E-state index contributed by atoms with van der Waals surface area (Å²) in [5.74, 6) is 0.766. The van der Waals surface area contributed by atoms with Gasteiger partial charge in [0.25, 0.3) is 0 Å². The summed E-state index contributed by atoms with van der Waals surface area (Å²) in [5.41, 5.74) is 4.74. The fourth-order valence-corrected chi connectivity index (χ4v) is 3.01. The zero-order chi connectivity index (χ0) is 14.5. The van der Waals surface area contributed by atoms with Gasteiger partial charge in [-0.1, -0.05) is 61.2 Å². The highest BCUT2D eigenvalue weighted by molar-refractivity contribution is 5.81. The first-order valence-electron chi connectivity index (χ1n) is 7.95. The highest BCUT2D eigenvalue weighted by Gasteiger charge is 2.14. The molecule has 2 aromatic rings. The molecule has 1 saturated carbocycles. The number of hydrogen-bond acceptors (Lipinski definition) is 1. The number of rotatable bonds is 3. The highest BCUT2D eigenvalue weighted by Crippen LogP contribution is 2.32. The molecule has 0 spiro atoms. The van der Waals surface area contributed by atoms with Crippen LogP contribution >= 0.6 is 0 Å². The zero-order valence-electron chi connectivity index (χ0n) is 12.7. The molecule has 2 aromatic carbocycles. The first-order valence-corrected chi connectivity index (χ1v) is 7.95. The van der Waals surface area contributed by atoms with Crippen molar-refractivity contribution in [2.75, 3.05) is 0 Å². The molecule has 1 fully saturated rings. The van der Waals surface area contributed by atoms with E-state index in [-0.39, 0.29) is 0 Å². The number of aryl methyl sites for hydroxylation is 1. The first-order chi connectivity index (χ1) is 10.3. The maximum Gasteiger partial charge on any atom is 0.0972 e. The van der Waals surface area contributed by atoms with Gasteiger partial charge in [-0.3, -0.25) is 0 Å². The SMILES string of the molecule is Cc1ccc(N=[C]c2ccc(C3CCCCC3)cc2)cc1. The predicted octanol–water partition coefficient (Wildman–Crippen LogP) is 5.67. The van der Waals surface area contributed by atoms with Crippen LogP contribution in [0, 0.1) is 6.92 Å². The Kier molecular flexibility index (Phi) is 4.49. The van der Waals surface area contributed by atoms with Gasteiger partial charge in [0.15, 0.2) is 0 Å². The van der Waals surface area contributed by atoms with Crippen molar-refractivity contribution in [3.05, 3.63) is 65.2 Å². The van der Waals surface area contributed by atoms with Crippen molar-refractivity contribution in [1.82, 2.24) is 0 Å². The van der Waals surface area contributed by atoms with Crippen molar-refractivity contribution < 1.29 is 0 Å². The van der Waals surface area contributed by atoms with Gasteiger partial charge in [0.05, 0.1) is 11.9 Å². The lowest BCUT2D eigenvalue weighted by Gasteiger charge is -2.21. The van der Waals surface area contributed by atoms with Crippen molar-refractivity contribution in [2.45, 2.75) is 44.9 Å². The van der Waals surface area contributed by atoms with E-state index in [1.807, 2.05) is 12.1 Å². The first kappa shape index (κ1) is 14.1. The number of nitrogens with zero attached hydrogens (tertiary/aromatic N) is 1. The summed E-state index contributed by atoms with van der Waals surface area (Å²) in [7, 11) is 0. The van der Waals surface area contributed by atoms with E-state index in [1.165, 1.54) is 43.2 Å². The summed E-state index contributed by atoms with van der Waals surface area (Å²) >= 11 is 0. The molecule has 0 N–H and O–H groups in total. The van der Waals surface area contributed by atoms with E-state index >= 15 is 0 Å². The van der Waals surface area contributed by atoms with Gasteiger partial charge < -0.3 is 0 Å². The van der Waals surface area contributed by atoms with E-state index < -0.39 is 0 Å². The molecule has 1 nitrogen and oxygen atoms in total. The Hall–Kier alpha value is -1.89. The number of aliphatic imine (C=N–C) groups is 1. The molecule has 1 aliphatic carbocycles. The van der Waals surface area contributed by atoms with Gasteiger partial charge in [-0.15, -0.1) is 0 Å². The molecule has 0 amide bonds. The van der Waals surface area contributed by atoms with Gasteiger partial charge in [-0.05, 0) is 43.4 Å². The molecule has 0 aromatic heterocycles. The quantitative estimate of drug-likeness (QED) is 0.640. The van der Waals surface area contributed by atoms with E-state index in [4.69, 9.17) is 0 Å². The van der Waals surface area contributed by atoms with Crippen LogP contribution in [0.15, 0.2) is 53.5 Å². The van der Waals surface area contributed by atoms with Crippen molar-refractivity contribution in [2.24, 2.45) is 4.99 Å². The lowest BCUT2D eigenvalue weighted by molar-refractivity contribution is 0.443. The van der Waals surface area contributed by atoms with Gasteiger partial charge in [0.1, 0.15) is 0 Å². The Morgan fingerprint density at radius 3 is 2.19 bits per heavy atom. The van der Waals surface area contributed by atoms with Crippen LogP contribution in [0.2, 0.25) is 0 Å². The monoisotopic (exact) mass is 276 g/mol. The Bertz CT molecular complexity index is 587. The highest BCUT2D eigenvalue weighted by atomic mass is 14.7. The molecule has 0 unspecified atom stereocenters. The van der Waals surface area contributed by atoms with Crippen LogP contribution < -0.4 is 0 Å². The van der Waals surface area contributed by atoms with Gasteiger partial charge in [-0.25, -0.2) is 4.99 Å². The minimum Gasteiger partial charge on any atom is -0.246 e. The van der Waals surface area contributed by atoms with Crippen LogP contribution in [0.25, 0.3) is 0 Å². The van der Waals surface area contributed by atoms with Gasteiger partial charge >= 0.3 is 0 Å². The standard InChI is InChI=1S/C20H22N/c1-16-7-13-20(14-8-16)21-15-17-9-11-19(12-10-17)18-5-3-2-4-6-18/h7-14,18H,2-6H2,1H3. The van der Waals surface area contributed by atoms with Gasteiger partial charge in [0, 0.05) is 5.56 Å². The maximum atomic E-state index is 4.41. The van der Waals surface area contributed by atoms with Crippen LogP contribution in [-0.2, 0) is 0 Å². The molecule has 0 saturated heterocycles. The summed E-state index contributed by atoms with van der Waals surface area (Å²) in [4.78, 5) is 4.41. The second-order valence-electron chi connectivity index (χ2n) is 6.02. The lowest BCUT2D eigenvalue weighted by Crippen LogP contribution is -2.04. The van der Waals surface area contributed by atoms with Crippen LogP contribution in [0.5, 0.6) is 0 Å². The third-order valence-electron chi connectivity index (χ3n) is 4.34. The Labute approximate surface area is 127 Å². The second kappa shape index (κ2) is 6.71. The summed E-state index contributed by atoms with van der Waals surface area (Å²) in [5, 5.41) is 0. The smallest absolute Gasteiger partial charge is 0.0972 e. The minimum atomic E-state index is 0.766. The second-order valence-corrected chi connectivity index (χ2v) is 6.02. The molecule has 3 rings (SSSR count). The van der Waals surface area contributed by atoms with Gasteiger partial charge in [0.2, 0.25) is 0 Å². The molecule has 0 bridgehead atoms. The average molecular weight is 276 g/mol. The summed E-state index contributed by atoms with van der Waals surface area (Å²) in [6.45, 7) is 2.08. The fourth-order valence-electron chi connectivity index (χ4n) is 3.01. The van der Waals surface area contributed by atoms with Crippen molar-refractivity contribution in [3.63, 3.8) is 0 Å². The Morgan fingerprint density at radius 2 is 1.52 bits per heavy atom. The van der Waals surface area contributed by atoms with E-state index in [9.17, 15) is 0 Å². The van der Waals surface area contributed by atoms with Gasteiger partial charge in [-0.2, -0.15) is 0 Å². The number of hydrogen-bond donors (Lipinski definition) is 0. The zero-order valence-corrected chi connectivity index (χ0v) is 12.7. The third-order valence-corrected chi connectivity index (χ3v) is 4.34. The molecule has 21 heavy (non-hydrogen) atoms. The molecule has 107 valence electrons. The predicted molar refractivity (Wildman–Crippen MR) is 89.6 cm³/mol. The molecular weight excluding hydrogens is 254 g/mol. The molecule has 0 aliphatic heterocycles. The van der Waals surface area contributed by atoms with Crippen LogP contribution in [-0.4, -0.2) is 6.21 Å². The van der Waals surface area contributed by atoms with Crippen molar-refractivity contribution in [3.8, 4) is 0 Å². The third kappa shape index (κ3) is 3.81. The van der Waals surface area contributed by atoms with E-state index in [2.05, 4.69) is 54.5 Å². The van der Waals surface area contributed by atoms with E-state index in [1.54, 1.807) is 0 Å². The molecule has 1 aliphatic rings. The normalized spacial score (nSPS) is 16.4. The Morgan fingerprint density at radius 1 is 0.857 bits per heavy atom. The molecule has 1 radical (unpaired) electrons. The summed E-state index contributed by atoms with van der Waals surface area (Å²) < 4.78 is 0. The maximum absolute atomic E-state index is 4.41. The fraction of sp³-hybridized carbons (Fsp3) is 0.350. The van der Waals surface area contributed by atoms with Crippen molar-refractivity contribution in [1.29, 1.82) is 0 Å². The van der Waals surface area contributed by atoms with E-state index in [0.717, 1.165) is 17.2 Å². The molecule has 1 heteroatoms. The van der Waals surface area contributed by atoms with Crippen LogP contribution in [0.3, 0.4) is 0 Å². The Balaban J connectivity index is 1.67. The molecular formula is C20H22N. The minimum absolute atomic E-state index is 0.766. The average Bonchev–Trinajstić information content (AvgIpc) is 2.56. The number of benzene rings is 2. The van der Waals surface area contributed by atoms with Crippen LogP contribution in [0.4, 0.5) is 5.69 Å². The topological polar surface area (TPSA) is 12.4 Å². The largest absolute Gasteiger partial charge is 0.246 e. The van der Waals surface area contributed by atoms with E-state index in [0.29, 0.717) is 0 Å². The lowest BCUT2D eigenvalue weighted by atomic mass is 9.84.